The fraction of sp³-hybridized carbons (Fsp3) is 0.182. The smallest absolute Gasteiger partial charge is 0.307 e. The van der Waals surface area contributed by atoms with Crippen LogP contribution in [-0.2, 0) is 11.3 Å². The normalized spacial score (nSPS) is 10.8. The highest BCUT2D eigenvalue weighted by atomic mass is 19.1. The molecule has 0 aliphatic carbocycles. The largest absolute Gasteiger partial charge is 0.481 e. The van der Waals surface area contributed by atoms with Crippen molar-refractivity contribution in [1.29, 1.82) is 0 Å². The van der Waals surface area contributed by atoms with E-state index in [4.69, 9.17) is 10.8 Å². The van der Waals surface area contributed by atoms with Crippen molar-refractivity contribution in [3.05, 3.63) is 41.2 Å². The minimum atomic E-state index is -0.900. The fourth-order valence-corrected chi connectivity index (χ4v) is 1.20. The van der Waals surface area contributed by atoms with Crippen LogP contribution in [-0.4, -0.2) is 11.1 Å². The number of rotatable bonds is 4. The summed E-state index contributed by atoms with van der Waals surface area (Å²) in [5.74, 6) is -1.24. The molecule has 0 radical (unpaired) electrons. The molecule has 1 aromatic rings. The third-order valence-electron chi connectivity index (χ3n) is 1.91. The third-order valence-corrected chi connectivity index (χ3v) is 1.91. The summed E-state index contributed by atoms with van der Waals surface area (Å²) in [6.07, 6.45) is 3.09. The Balaban J connectivity index is 2.84. The van der Waals surface area contributed by atoms with Crippen LogP contribution in [0.5, 0.6) is 0 Å². The van der Waals surface area contributed by atoms with Crippen LogP contribution in [0.25, 0.3) is 6.08 Å². The standard InChI is InChI=1S/C11H12FNO2/c12-10-5-4-8(9(6-10)7-13)2-1-3-11(14)15/h1-2,4-6H,3,7,13H2,(H,14,15). The molecule has 4 heteroatoms. The molecule has 0 spiro atoms. The van der Waals surface area contributed by atoms with Crippen LogP contribution in [0.15, 0.2) is 24.3 Å². The zero-order chi connectivity index (χ0) is 11.3. The number of halogens is 1. The van der Waals surface area contributed by atoms with Crippen LogP contribution in [0, 0.1) is 5.82 Å². The maximum Gasteiger partial charge on any atom is 0.307 e. The quantitative estimate of drug-likeness (QED) is 0.794. The van der Waals surface area contributed by atoms with Crippen LogP contribution in [0.1, 0.15) is 17.5 Å². The Kier molecular flexibility index (Phi) is 4.00. The second-order valence-electron chi connectivity index (χ2n) is 3.05. The summed E-state index contributed by atoms with van der Waals surface area (Å²) >= 11 is 0. The molecule has 0 saturated heterocycles. The Morgan fingerprint density at radius 1 is 1.53 bits per heavy atom. The lowest BCUT2D eigenvalue weighted by Crippen LogP contribution is -1.99. The lowest BCUT2D eigenvalue weighted by Gasteiger charge is -2.02. The van der Waals surface area contributed by atoms with Gasteiger partial charge in [-0.15, -0.1) is 0 Å². The number of hydrogen-bond donors (Lipinski definition) is 2. The average Bonchev–Trinajstić information content (AvgIpc) is 2.19. The summed E-state index contributed by atoms with van der Waals surface area (Å²) in [7, 11) is 0. The molecule has 80 valence electrons. The first-order valence-electron chi connectivity index (χ1n) is 4.50. The van der Waals surface area contributed by atoms with Crippen molar-refractivity contribution < 1.29 is 14.3 Å². The van der Waals surface area contributed by atoms with Gasteiger partial charge in [0.05, 0.1) is 6.42 Å². The summed E-state index contributed by atoms with van der Waals surface area (Å²) in [6, 6.07) is 4.25. The predicted molar refractivity (Wildman–Crippen MR) is 55.6 cm³/mol. The van der Waals surface area contributed by atoms with Crippen LogP contribution < -0.4 is 5.73 Å². The van der Waals surface area contributed by atoms with E-state index in [9.17, 15) is 9.18 Å². The van der Waals surface area contributed by atoms with Gasteiger partial charge in [0.15, 0.2) is 0 Å². The molecule has 0 atom stereocenters. The minimum absolute atomic E-state index is 0.0542. The molecule has 1 aromatic carbocycles. The van der Waals surface area contributed by atoms with Gasteiger partial charge in [0, 0.05) is 6.54 Å². The Morgan fingerprint density at radius 2 is 2.27 bits per heavy atom. The molecule has 0 saturated carbocycles. The Bertz CT molecular complexity index is 388. The van der Waals surface area contributed by atoms with Crippen LogP contribution in [0.2, 0.25) is 0 Å². The van der Waals surface area contributed by atoms with Crippen molar-refractivity contribution in [3.63, 3.8) is 0 Å². The Morgan fingerprint density at radius 3 is 2.87 bits per heavy atom. The van der Waals surface area contributed by atoms with E-state index in [0.29, 0.717) is 5.56 Å². The fourth-order valence-electron chi connectivity index (χ4n) is 1.20. The zero-order valence-electron chi connectivity index (χ0n) is 8.11. The summed E-state index contributed by atoms with van der Waals surface area (Å²) in [5.41, 5.74) is 6.85. The second-order valence-corrected chi connectivity index (χ2v) is 3.05. The molecule has 0 unspecified atom stereocenters. The number of benzene rings is 1. The summed E-state index contributed by atoms with van der Waals surface area (Å²) in [4.78, 5) is 10.3. The van der Waals surface area contributed by atoms with Crippen LogP contribution in [0.3, 0.4) is 0 Å². The first kappa shape index (κ1) is 11.4. The Labute approximate surface area is 87.0 Å². The van der Waals surface area contributed by atoms with Gasteiger partial charge >= 0.3 is 5.97 Å². The van der Waals surface area contributed by atoms with Crippen LogP contribution in [0.4, 0.5) is 4.39 Å². The van der Waals surface area contributed by atoms with Crippen LogP contribution >= 0.6 is 0 Å². The van der Waals surface area contributed by atoms with Gasteiger partial charge in [0.1, 0.15) is 5.82 Å². The minimum Gasteiger partial charge on any atom is -0.481 e. The number of nitrogens with two attached hydrogens (primary N) is 1. The molecule has 0 amide bonds. The zero-order valence-corrected chi connectivity index (χ0v) is 8.11. The van der Waals surface area contributed by atoms with Crippen molar-refractivity contribution in [2.24, 2.45) is 5.73 Å². The van der Waals surface area contributed by atoms with E-state index in [2.05, 4.69) is 0 Å². The molecular weight excluding hydrogens is 197 g/mol. The van der Waals surface area contributed by atoms with Gasteiger partial charge in [-0.25, -0.2) is 4.39 Å². The maximum absolute atomic E-state index is 12.8. The van der Waals surface area contributed by atoms with Gasteiger partial charge in [-0.3, -0.25) is 4.79 Å². The van der Waals surface area contributed by atoms with Gasteiger partial charge in [0.25, 0.3) is 0 Å². The molecule has 0 aromatic heterocycles. The molecule has 0 fully saturated rings. The average molecular weight is 209 g/mol. The van der Waals surface area contributed by atoms with Gasteiger partial charge in [-0.2, -0.15) is 0 Å². The highest BCUT2D eigenvalue weighted by molar-refractivity contribution is 5.70. The molecule has 3 N–H and O–H groups in total. The number of aliphatic carboxylic acids is 1. The van der Waals surface area contributed by atoms with Crippen molar-refractivity contribution >= 4 is 12.0 Å². The van der Waals surface area contributed by atoms with Gasteiger partial charge < -0.3 is 10.8 Å². The van der Waals surface area contributed by atoms with Crippen molar-refractivity contribution in [1.82, 2.24) is 0 Å². The van der Waals surface area contributed by atoms with Gasteiger partial charge in [0.2, 0.25) is 0 Å². The molecule has 0 aliphatic rings. The molecule has 0 heterocycles. The lowest BCUT2D eigenvalue weighted by atomic mass is 10.1. The van der Waals surface area contributed by atoms with E-state index < -0.39 is 5.97 Å². The number of carbonyl (C=O) groups is 1. The molecular formula is C11H12FNO2. The van der Waals surface area contributed by atoms with E-state index in [-0.39, 0.29) is 18.8 Å². The highest BCUT2D eigenvalue weighted by Crippen LogP contribution is 2.12. The van der Waals surface area contributed by atoms with E-state index in [0.717, 1.165) is 5.56 Å². The molecule has 15 heavy (non-hydrogen) atoms. The molecule has 1 rings (SSSR count). The summed E-state index contributed by atoms with van der Waals surface area (Å²) in [5, 5.41) is 8.43. The monoisotopic (exact) mass is 209 g/mol. The van der Waals surface area contributed by atoms with E-state index in [1.807, 2.05) is 0 Å². The van der Waals surface area contributed by atoms with E-state index in [1.165, 1.54) is 18.2 Å². The first-order chi connectivity index (χ1) is 7.13. The van der Waals surface area contributed by atoms with E-state index in [1.54, 1.807) is 12.1 Å². The summed E-state index contributed by atoms with van der Waals surface area (Å²) in [6.45, 7) is 0.227. The van der Waals surface area contributed by atoms with Crippen molar-refractivity contribution in [2.45, 2.75) is 13.0 Å². The lowest BCUT2D eigenvalue weighted by molar-refractivity contribution is -0.135. The van der Waals surface area contributed by atoms with Crippen molar-refractivity contribution in [3.8, 4) is 0 Å². The molecule has 0 aliphatic heterocycles. The first-order valence-corrected chi connectivity index (χ1v) is 4.50. The third kappa shape index (κ3) is 3.52. The second kappa shape index (κ2) is 5.26. The number of carboxylic acids is 1. The Hall–Kier alpha value is -1.68. The highest BCUT2D eigenvalue weighted by Gasteiger charge is 1.99. The maximum atomic E-state index is 12.8. The topological polar surface area (TPSA) is 63.3 Å². The van der Waals surface area contributed by atoms with Gasteiger partial charge in [-0.1, -0.05) is 18.2 Å². The molecule has 3 nitrogen and oxygen atoms in total. The number of hydrogen-bond acceptors (Lipinski definition) is 2. The SMILES string of the molecule is NCc1cc(F)ccc1C=CCC(=O)O. The van der Waals surface area contributed by atoms with E-state index >= 15 is 0 Å². The predicted octanol–water partition coefficient (Wildman–Crippen LogP) is 1.77. The molecule has 0 bridgehead atoms. The van der Waals surface area contributed by atoms with Crippen molar-refractivity contribution in [2.75, 3.05) is 0 Å². The summed E-state index contributed by atoms with van der Waals surface area (Å²) < 4.78 is 12.8. The number of carboxylic acid groups (broad SMARTS) is 1. The van der Waals surface area contributed by atoms with Gasteiger partial charge in [-0.05, 0) is 23.3 Å².